The maximum absolute atomic E-state index is 2.54. The molecule has 0 saturated heterocycles. The largest absolute Gasteiger partial charge is 0.310 e. The first-order valence-corrected chi connectivity index (χ1v) is 23.2. The summed E-state index contributed by atoms with van der Waals surface area (Å²) in [7, 11) is 0. The van der Waals surface area contributed by atoms with Gasteiger partial charge in [-0.2, -0.15) is 0 Å². The molecule has 13 rings (SSSR count). The summed E-state index contributed by atoms with van der Waals surface area (Å²) in [6, 6.07) is 80.8. The summed E-state index contributed by atoms with van der Waals surface area (Å²) in [4.78, 5) is 2.51. The van der Waals surface area contributed by atoms with Gasteiger partial charge < -0.3 is 9.47 Å². The Morgan fingerprint density at radius 1 is 0.415 bits per heavy atom. The molecule has 9 aromatic carbocycles. The highest BCUT2D eigenvalue weighted by atomic mass is 15.1. The zero-order valence-corrected chi connectivity index (χ0v) is 36.7. The minimum absolute atomic E-state index is 0.386. The molecule has 0 bridgehead atoms. The summed E-state index contributed by atoms with van der Waals surface area (Å²) in [5.74, 6) is 0. The lowest BCUT2D eigenvalue weighted by molar-refractivity contribution is 0.782. The Kier molecular flexibility index (Phi) is 9.35. The summed E-state index contributed by atoms with van der Waals surface area (Å²) in [5, 5.41) is 2.53. The SMILES string of the molecule is C1=C2C(=CCC1)C1(c3ccccc3-c3ccccc31)c1cccc(N(c3ccc(-c4ccccc4)cc3)c3cccc(-c4cccc(-n5c6ccccc6c6ccccc65)c4)c3)c12.CC. The summed E-state index contributed by atoms with van der Waals surface area (Å²) in [6.07, 6.45) is 7.12. The predicted octanol–water partition coefficient (Wildman–Crippen LogP) is 17.0. The number of allylic oxidation sites excluding steroid dienone is 4. The van der Waals surface area contributed by atoms with Crippen LogP contribution in [-0.4, -0.2) is 4.57 Å². The van der Waals surface area contributed by atoms with Crippen LogP contribution in [0.1, 0.15) is 48.9 Å². The first-order chi connectivity index (χ1) is 32.3. The molecule has 0 saturated carbocycles. The first-order valence-electron chi connectivity index (χ1n) is 23.2. The standard InChI is InChI=1S/C61H42N2.C2H6/c1-2-17-41(18-3-1)42-35-37-45(38-36-42)62(46-21-14-19-43(39-46)44-20-15-22-47(40-44)63-57-32-12-7-25-50(57)51-26-8-13-33-58(51)63)59-34-16-31-56-60(59)52-27-6-11-30-55(52)61(56)53-28-9-4-23-48(53)49-24-5-10-29-54(49)61;1-2/h1-5,7-10,12-40H,6,11H2;1-2H3. The molecule has 2 heteroatoms. The number of benzene rings is 9. The topological polar surface area (TPSA) is 8.17 Å². The van der Waals surface area contributed by atoms with Crippen molar-refractivity contribution in [1.82, 2.24) is 4.57 Å². The number of nitrogens with zero attached hydrogens (tertiary/aromatic N) is 2. The molecule has 0 amide bonds. The predicted molar refractivity (Wildman–Crippen MR) is 275 cm³/mol. The lowest BCUT2D eigenvalue weighted by Crippen LogP contribution is -2.26. The second-order valence-electron chi connectivity index (χ2n) is 17.1. The van der Waals surface area contributed by atoms with E-state index in [0.29, 0.717) is 0 Å². The molecule has 0 aliphatic heterocycles. The first kappa shape index (κ1) is 38.7. The van der Waals surface area contributed by atoms with Gasteiger partial charge in [0.15, 0.2) is 0 Å². The third-order valence-corrected chi connectivity index (χ3v) is 13.8. The zero-order chi connectivity index (χ0) is 43.5. The molecular weight excluding hydrogens is 785 g/mol. The number of fused-ring (bicyclic) bond motifs is 13. The van der Waals surface area contributed by atoms with E-state index in [4.69, 9.17) is 0 Å². The lowest BCUT2D eigenvalue weighted by atomic mass is 9.69. The van der Waals surface area contributed by atoms with Gasteiger partial charge in [-0.15, -0.1) is 0 Å². The Labute approximate surface area is 381 Å². The normalized spacial score (nSPS) is 13.9. The van der Waals surface area contributed by atoms with Gasteiger partial charge in [0.25, 0.3) is 0 Å². The van der Waals surface area contributed by atoms with Crippen molar-refractivity contribution in [1.29, 1.82) is 0 Å². The molecule has 0 unspecified atom stereocenters. The lowest BCUT2D eigenvalue weighted by Gasteiger charge is -2.32. The Morgan fingerprint density at radius 3 is 1.66 bits per heavy atom. The summed E-state index contributed by atoms with van der Waals surface area (Å²) < 4.78 is 2.41. The van der Waals surface area contributed by atoms with Gasteiger partial charge in [-0.3, -0.25) is 0 Å². The van der Waals surface area contributed by atoms with Crippen LogP contribution < -0.4 is 4.90 Å². The fraction of sp³-hybridized carbons (Fsp3) is 0.0794. The minimum atomic E-state index is -0.386. The van der Waals surface area contributed by atoms with Crippen molar-refractivity contribution < 1.29 is 0 Å². The number of para-hydroxylation sites is 2. The van der Waals surface area contributed by atoms with Crippen LogP contribution in [0, 0.1) is 0 Å². The molecule has 0 N–H and O–H groups in total. The fourth-order valence-electron chi connectivity index (χ4n) is 11.3. The second-order valence-corrected chi connectivity index (χ2v) is 17.1. The van der Waals surface area contributed by atoms with Gasteiger partial charge in [-0.1, -0.05) is 190 Å². The minimum Gasteiger partial charge on any atom is -0.310 e. The van der Waals surface area contributed by atoms with Crippen molar-refractivity contribution >= 4 is 44.4 Å². The van der Waals surface area contributed by atoms with Crippen LogP contribution in [-0.2, 0) is 5.41 Å². The number of rotatable bonds is 6. The summed E-state index contributed by atoms with van der Waals surface area (Å²) >= 11 is 0. The van der Waals surface area contributed by atoms with E-state index < -0.39 is 0 Å². The average molecular weight is 833 g/mol. The molecule has 10 aromatic rings. The van der Waals surface area contributed by atoms with Gasteiger partial charge >= 0.3 is 0 Å². The summed E-state index contributed by atoms with van der Waals surface area (Å²) in [5.41, 5.74) is 22.3. The maximum Gasteiger partial charge on any atom is 0.0723 e. The molecule has 2 nitrogen and oxygen atoms in total. The van der Waals surface area contributed by atoms with Crippen molar-refractivity contribution in [3.8, 4) is 39.1 Å². The average Bonchev–Trinajstić information content (AvgIpc) is 4.00. The third kappa shape index (κ3) is 5.87. The van der Waals surface area contributed by atoms with E-state index >= 15 is 0 Å². The van der Waals surface area contributed by atoms with Crippen LogP contribution in [0.2, 0.25) is 0 Å². The van der Waals surface area contributed by atoms with Gasteiger partial charge in [0.2, 0.25) is 0 Å². The van der Waals surface area contributed by atoms with Gasteiger partial charge in [0, 0.05) is 33.4 Å². The van der Waals surface area contributed by atoms with Gasteiger partial charge in [-0.25, -0.2) is 0 Å². The van der Waals surface area contributed by atoms with Crippen molar-refractivity contribution in [3.05, 3.63) is 258 Å². The van der Waals surface area contributed by atoms with E-state index in [1.54, 1.807) is 0 Å². The Hall–Kier alpha value is -7.94. The molecule has 1 spiro atoms. The van der Waals surface area contributed by atoms with E-state index in [2.05, 4.69) is 240 Å². The van der Waals surface area contributed by atoms with Crippen LogP contribution >= 0.6 is 0 Å². The molecule has 3 aliphatic carbocycles. The van der Waals surface area contributed by atoms with E-state index in [9.17, 15) is 0 Å². The smallest absolute Gasteiger partial charge is 0.0723 e. The van der Waals surface area contributed by atoms with E-state index in [1.165, 1.54) is 94.3 Å². The molecule has 1 heterocycles. The fourth-order valence-corrected chi connectivity index (χ4v) is 11.3. The van der Waals surface area contributed by atoms with Gasteiger partial charge in [-0.05, 0) is 129 Å². The second kappa shape index (κ2) is 15.7. The van der Waals surface area contributed by atoms with Gasteiger partial charge in [0.1, 0.15) is 0 Å². The van der Waals surface area contributed by atoms with Crippen LogP contribution in [0.3, 0.4) is 0 Å². The molecule has 0 atom stereocenters. The van der Waals surface area contributed by atoms with Crippen molar-refractivity contribution in [3.63, 3.8) is 0 Å². The molecule has 0 fully saturated rings. The van der Waals surface area contributed by atoms with E-state index in [-0.39, 0.29) is 5.41 Å². The molecule has 310 valence electrons. The van der Waals surface area contributed by atoms with Crippen LogP contribution in [0.4, 0.5) is 17.1 Å². The van der Waals surface area contributed by atoms with Crippen molar-refractivity contribution in [2.75, 3.05) is 4.90 Å². The van der Waals surface area contributed by atoms with E-state index in [0.717, 1.165) is 29.9 Å². The number of aromatic nitrogens is 1. The number of anilines is 3. The summed E-state index contributed by atoms with van der Waals surface area (Å²) in [6.45, 7) is 4.00. The van der Waals surface area contributed by atoms with E-state index in [1.807, 2.05) is 13.8 Å². The van der Waals surface area contributed by atoms with Crippen molar-refractivity contribution in [2.45, 2.75) is 32.1 Å². The molecule has 65 heavy (non-hydrogen) atoms. The number of hydrogen-bond donors (Lipinski definition) is 0. The third-order valence-electron chi connectivity index (χ3n) is 13.8. The molecule has 3 aliphatic rings. The zero-order valence-electron chi connectivity index (χ0n) is 36.7. The molecule has 0 radical (unpaired) electrons. The maximum atomic E-state index is 2.54. The monoisotopic (exact) mass is 832 g/mol. The van der Waals surface area contributed by atoms with Gasteiger partial charge in [0.05, 0.1) is 22.1 Å². The van der Waals surface area contributed by atoms with Crippen molar-refractivity contribution in [2.24, 2.45) is 0 Å². The highest BCUT2D eigenvalue weighted by Gasteiger charge is 2.54. The molecular formula is C63H48N2. The number of hydrogen-bond acceptors (Lipinski definition) is 1. The molecule has 1 aromatic heterocycles. The Bertz CT molecular complexity index is 3410. The Balaban J connectivity index is 0.00000219. The van der Waals surface area contributed by atoms with Crippen LogP contribution in [0.25, 0.3) is 66.4 Å². The Morgan fingerprint density at radius 2 is 0.954 bits per heavy atom. The quantitative estimate of drug-likeness (QED) is 0.162. The highest BCUT2D eigenvalue weighted by molar-refractivity contribution is 6.09. The highest BCUT2D eigenvalue weighted by Crippen LogP contribution is 2.66. The van der Waals surface area contributed by atoms with Crippen LogP contribution in [0.5, 0.6) is 0 Å². The van der Waals surface area contributed by atoms with Crippen LogP contribution in [0.15, 0.2) is 236 Å².